The predicted molar refractivity (Wildman–Crippen MR) is 115 cm³/mol. The lowest BCUT2D eigenvalue weighted by Gasteiger charge is -2.26. The van der Waals surface area contributed by atoms with E-state index in [0.29, 0.717) is 11.2 Å². The van der Waals surface area contributed by atoms with Gasteiger partial charge < -0.3 is 14.5 Å². The molecule has 0 aromatic heterocycles. The Morgan fingerprint density at radius 1 is 1.07 bits per heavy atom. The van der Waals surface area contributed by atoms with Crippen molar-refractivity contribution in [1.29, 1.82) is 0 Å². The van der Waals surface area contributed by atoms with Gasteiger partial charge in [-0.2, -0.15) is 0 Å². The Hall–Kier alpha value is -1.03. The first-order valence-electron chi connectivity index (χ1n) is 8.81. The highest BCUT2D eigenvalue weighted by molar-refractivity contribution is 7.67. The smallest absolute Gasteiger partial charge is 0.264 e. The quantitative estimate of drug-likeness (QED) is 0.545. The average molecular weight is 430 g/mol. The Bertz CT molecular complexity index is 789. The number of hydrogen-bond acceptors (Lipinski definition) is 4. The summed E-state index contributed by atoms with van der Waals surface area (Å²) >= 11 is 12.5. The van der Waals surface area contributed by atoms with Crippen LogP contribution in [0.2, 0.25) is 10.0 Å². The largest absolute Gasteiger partial charge is 0.378 e. The normalized spacial score (nSPS) is 14.8. The lowest BCUT2D eigenvalue weighted by molar-refractivity contribution is 0.209. The fraction of sp³-hybridized carbons (Fsp3) is 0.400. The molecule has 2 atom stereocenters. The molecule has 0 aliphatic rings. The Kier molecular flexibility index (Phi) is 7.79. The highest BCUT2D eigenvalue weighted by atomic mass is 35.5. The summed E-state index contributed by atoms with van der Waals surface area (Å²) < 4.78 is 19.7. The molecule has 2 rings (SSSR count). The van der Waals surface area contributed by atoms with Crippen molar-refractivity contribution < 1.29 is 14.2 Å². The molecule has 0 aliphatic heterocycles. The molecule has 4 nitrogen and oxygen atoms in total. The predicted octanol–water partition coefficient (Wildman–Crippen LogP) is 5.72. The number of rotatable bonds is 8. The van der Waals surface area contributed by atoms with Crippen molar-refractivity contribution in [3.05, 3.63) is 58.1 Å². The third kappa shape index (κ3) is 5.28. The second-order valence-corrected chi connectivity index (χ2v) is 10.3. The SMILES string of the molecule is CC(C)CCO[P@](=O)(c1ccc(N(C)C)cc1)[C@H](O)c1c(Cl)cccc1Cl. The summed E-state index contributed by atoms with van der Waals surface area (Å²) in [4.78, 5) is 1.94. The molecule has 0 amide bonds. The van der Waals surface area contributed by atoms with Gasteiger partial charge in [0.2, 0.25) is 0 Å². The minimum absolute atomic E-state index is 0.227. The molecular weight excluding hydrogens is 404 g/mol. The van der Waals surface area contributed by atoms with Gasteiger partial charge >= 0.3 is 0 Å². The molecule has 7 heteroatoms. The van der Waals surface area contributed by atoms with Crippen molar-refractivity contribution >= 4 is 41.6 Å². The van der Waals surface area contributed by atoms with E-state index in [1.807, 2.05) is 31.1 Å². The van der Waals surface area contributed by atoms with Crippen LogP contribution in [0.1, 0.15) is 31.7 Å². The van der Waals surface area contributed by atoms with Crippen LogP contribution < -0.4 is 10.2 Å². The second kappa shape index (κ2) is 9.45. The third-order valence-corrected chi connectivity index (χ3v) is 7.43. The fourth-order valence-electron chi connectivity index (χ4n) is 2.60. The van der Waals surface area contributed by atoms with Gasteiger partial charge in [0.25, 0.3) is 7.37 Å². The van der Waals surface area contributed by atoms with Crippen molar-refractivity contribution in [3.63, 3.8) is 0 Å². The summed E-state index contributed by atoms with van der Waals surface area (Å²) in [6.07, 6.45) is 0.725. The van der Waals surface area contributed by atoms with Crippen LogP contribution >= 0.6 is 30.6 Å². The Morgan fingerprint density at radius 2 is 1.63 bits per heavy atom. The van der Waals surface area contributed by atoms with E-state index in [4.69, 9.17) is 27.7 Å². The molecule has 2 aromatic rings. The van der Waals surface area contributed by atoms with Gasteiger partial charge in [-0.15, -0.1) is 0 Å². The van der Waals surface area contributed by atoms with Gasteiger partial charge in [-0.25, -0.2) is 0 Å². The van der Waals surface area contributed by atoms with E-state index in [1.165, 1.54) is 0 Å². The Morgan fingerprint density at radius 3 is 2.11 bits per heavy atom. The zero-order valence-electron chi connectivity index (χ0n) is 16.0. The van der Waals surface area contributed by atoms with Gasteiger partial charge in [0.1, 0.15) is 0 Å². The van der Waals surface area contributed by atoms with Crippen LogP contribution in [0, 0.1) is 5.92 Å². The van der Waals surface area contributed by atoms with Crippen LogP contribution in [0.15, 0.2) is 42.5 Å². The van der Waals surface area contributed by atoms with Gasteiger partial charge in [0, 0.05) is 40.7 Å². The zero-order chi connectivity index (χ0) is 20.2. The molecule has 2 aromatic carbocycles. The van der Waals surface area contributed by atoms with E-state index in [9.17, 15) is 9.67 Å². The lowest BCUT2D eigenvalue weighted by Crippen LogP contribution is -2.17. The van der Waals surface area contributed by atoms with E-state index >= 15 is 0 Å². The molecule has 0 aliphatic carbocycles. The summed E-state index contributed by atoms with van der Waals surface area (Å²) in [7, 11) is 0.169. The molecule has 0 unspecified atom stereocenters. The van der Waals surface area contributed by atoms with E-state index in [-0.39, 0.29) is 22.2 Å². The molecule has 148 valence electrons. The van der Waals surface area contributed by atoms with Gasteiger partial charge in [-0.05, 0) is 48.7 Å². The van der Waals surface area contributed by atoms with Crippen molar-refractivity contribution in [2.24, 2.45) is 5.92 Å². The number of aliphatic hydroxyl groups excluding tert-OH is 1. The summed E-state index contributed by atoms with van der Waals surface area (Å²) in [6.45, 7) is 4.38. The molecule has 0 saturated heterocycles. The first-order chi connectivity index (χ1) is 12.7. The van der Waals surface area contributed by atoms with Crippen LogP contribution in [0.4, 0.5) is 5.69 Å². The molecule has 27 heavy (non-hydrogen) atoms. The second-order valence-electron chi connectivity index (χ2n) is 7.03. The molecule has 0 heterocycles. The van der Waals surface area contributed by atoms with E-state index in [0.717, 1.165) is 12.1 Å². The summed E-state index contributed by atoms with van der Waals surface area (Å²) in [5, 5.41) is 12.0. The van der Waals surface area contributed by atoms with Crippen molar-refractivity contribution in [2.75, 3.05) is 25.6 Å². The Balaban J connectivity index is 2.47. The average Bonchev–Trinajstić information content (AvgIpc) is 2.61. The number of benzene rings is 2. The van der Waals surface area contributed by atoms with Gasteiger partial charge in [0.15, 0.2) is 5.85 Å². The van der Waals surface area contributed by atoms with Gasteiger partial charge in [-0.1, -0.05) is 43.1 Å². The lowest BCUT2D eigenvalue weighted by atomic mass is 10.2. The molecule has 0 bridgehead atoms. The Labute approximate surface area is 171 Å². The maximum absolute atomic E-state index is 13.9. The molecule has 0 spiro atoms. The van der Waals surface area contributed by atoms with Gasteiger partial charge in [-0.3, -0.25) is 4.57 Å². The number of anilines is 1. The van der Waals surface area contributed by atoms with Crippen LogP contribution in [0.25, 0.3) is 0 Å². The zero-order valence-corrected chi connectivity index (χ0v) is 18.4. The summed E-state index contributed by atoms with van der Waals surface area (Å²) in [6, 6.07) is 12.0. The number of halogens is 2. The van der Waals surface area contributed by atoms with Crippen LogP contribution in [0.3, 0.4) is 0 Å². The standard InChI is InChI=1S/C20H26Cl2NO3P/c1-14(2)12-13-26-27(25,16-10-8-15(9-11-16)23(3)4)20(24)19-17(21)6-5-7-18(19)22/h5-11,14,20,24H,12-13H2,1-4H3/t20-,27+/m0/s1. The number of nitrogens with zero attached hydrogens (tertiary/aromatic N) is 1. The maximum atomic E-state index is 13.9. The molecular formula is C20H26Cl2NO3P. The van der Waals surface area contributed by atoms with E-state index < -0.39 is 13.2 Å². The molecule has 0 fully saturated rings. The number of hydrogen-bond donors (Lipinski definition) is 1. The van der Waals surface area contributed by atoms with E-state index in [2.05, 4.69) is 13.8 Å². The maximum Gasteiger partial charge on any atom is 0.264 e. The van der Waals surface area contributed by atoms with Gasteiger partial charge in [0.05, 0.1) is 6.61 Å². The molecule has 0 saturated carbocycles. The van der Waals surface area contributed by atoms with Crippen molar-refractivity contribution in [3.8, 4) is 0 Å². The fourth-order valence-corrected chi connectivity index (χ4v) is 5.48. The monoisotopic (exact) mass is 429 g/mol. The first-order valence-corrected chi connectivity index (χ1v) is 11.3. The topological polar surface area (TPSA) is 49.8 Å². The molecule has 0 radical (unpaired) electrons. The highest BCUT2D eigenvalue weighted by Crippen LogP contribution is 2.59. The van der Waals surface area contributed by atoms with E-state index in [1.54, 1.807) is 30.3 Å². The van der Waals surface area contributed by atoms with Crippen molar-refractivity contribution in [2.45, 2.75) is 26.1 Å². The third-order valence-electron chi connectivity index (χ3n) is 4.28. The van der Waals surface area contributed by atoms with Crippen LogP contribution in [-0.4, -0.2) is 25.8 Å². The molecule has 1 N–H and O–H groups in total. The minimum atomic E-state index is -3.68. The summed E-state index contributed by atoms with van der Waals surface area (Å²) in [5.41, 5.74) is 1.18. The number of aliphatic hydroxyl groups is 1. The highest BCUT2D eigenvalue weighted by Gasteiger charge is 2.38. The van der Waals surface area contributed by atoms with Crippen LogP contribution in [0.5, 0.6) is 0 Å². The first kappa shape index (κ1) is 22.3. The summed E-state index contributed by atoms with van der Waals surface area (Å²) in [5.74, 6) is -1.06. The van der Waals surface area contributed by atoms with Crippen LogP contribution in [-0.2, 0) is 9.09 Å². The van der Waals surface area contributed by atoms with Crippen molar-refractivity contribution in [1.82, 2.24) is 0 Å². The minimum Gasteiger partial charge on any atom is -0.378 e.